The topological polar surface area (TPSA) is 85.5 Å². The van der Waals surface area contributed by atoms with E-state index in [1.165, 1.54) is 25.3 Å². The zero-order valence-electron chi connectivity index (χ0n) is 26.9. The van der Waals surface area contributed by atoms with Crippen molar-refractivity contribution in [3.63, 3.8) is 0 Å². The van der Waals surface area contributed by atoms with Gasteiger partial charge in [-0.2, -0.15) is 0 Å². The van der Waals surface area contributed by atoms with Crippen LogP contribution < -0.4 is 0 Å². The summed E-state index contributed by atoms with van der Waals surface area (Å²) >= 11 is 0. The first-order valence-corrected chi connectivity index (χ1v) is 16.6. The number of nitro benzene ring substituents is 1. The molecule has 3 aliphatic carbocycles. The van der Waals surface area contributed by atoms with Crippen LogP contribution >= 0.6 is 0 Å². The molecule has 0 bridgehead atoms. The predicted molar refractivity (Wildman–Crippen MR) is 176 cm³/mol. The molecule has 1 saturated carbocycles. The number of hydrogen-bond acceptors (Lipinski definition) is 5. The van der Waals surface area contributed by atoms with Crippen molar-refractivity contribution in [3.8, 4) is 0 Å². The van der Waals surface area contributed by atoms with E-state index in [0.29, 0.717) is 25.4 Å². The molecule has 0 amide bonds. The van der Waals surface area contributed by atoms with Crippen LogP contribution in [0.15, 0.2) is 77.3 Å². The quantitative estimate of drug-likeness (QED) is 0.215. The van der Waals surface area contributed by atoms with E-state index >= 15 is 0 Å². The number of fused-ring (bicyclic) bond motifs is 1. The minimum atomic E-state index is -0.418. The lowest BCUT2D eigenvalue weighted by Gasteiger charge is -2.52. The summed E-state index contributed by atoms with van der Waals surface area (Å²) in [5, 5.41) is 12.5. The lowest BCUT2D eigenvalue weighted by atomic mass is 9.63. The number of Topliss-reactive ketones (excluding diaryl/α,β-unsaturated/α-hetero) is 2. The van der Waals surface area contributed by atoms with Crippen molar-refractivity contribution in [3.05, 3.63) is 98.5 Å². The van der Waals surface area contributed by atoms with E-state index < -0.39 is 5.92 Å². The van der Waals surface area contributed by atoms with Gasteiger partial charge in [0.15, 0.2) is 11.6 Å². The van der Waals surface area contributed by atoms with Crippen molar-refractivity contribution < 1.29 is 14.5 Å². The fourth-order valence-corrected chi connectivity index (χ4v) is 8.69. The third-order valence-corrected chi connectivity index (χ3v) is 10.5. The minimum absolute atomic E-state index is 0.0645. The third kappa shape index (κ3) is 5.24. The molecule has 0 atom stereocenters. The maximum Gasteiger partial charge on any atom is 0.269 e. The number of nitro groups is 1. The maximum atomic E-state index is 14.4. The fraction of sp³-hybridized carbons (Fsp3) is 0.474. The second-order valence-electron chi connectivity index (χ2n) is 15.4. The Labute approximate surface area is 265 Å². The number of allylic oxidation sites excluding steroid dienone is 4. The average Bonchev–Trinajstić information content (AvgIpc) is 3.33. The Hall–Kier alpha value is -4.00. The second-order valence-corrected chi connectivity index (χ2v) is 15.4. The van der Waals surface area contributed by atoms with Crippen LogP contribution in [0.1, 0.15) is 103 Å². The number of carbonyl (C=O) groups is 2. The summed E-state index contributed by atoms with van der Waals surface area (Å²) < 4.78 is 2.13. The Kier molecular flexibility index (Phi) is 7.14. The van der Waals surface area contributed by atoms with Crippen LogP contribution in [0.3, 0.4) is 0 Å². The molecule has 0 spiro atoms. The molecule has 7 heteroatoms. The van der Waals surface area contributed by atoms with Gasteiger partial charge in [0.2, 0.25) is 0 Å². The standard InChI is InChI=1S/C38H43N3O4/c1-37(2)18-30-35(32(42)20-37)34(36-31(19-38(3,4)21-33(36)43)40(30)25-12-6-5-7-13-25)28-23-39(29-16-9-8-15-27(28)29)22-24-11-10-14-26(17-24)41(44)45/h8-11,14-17,23,25,34H,5-7,12-13,18-22H2,1-4H3. The van der Waals surface area contributed by atoms with Gasteiger partial charge in [0.25, 0.3) is 5.69 Å². The van der Waals surface area contributed by atoms with E-state index in [9.17, 15) is 19.7 Å². The van der Waals surface area contributed by atoms with Crippen LogP contribution in [0, 0.1) is 20.9 Å². The van der Waals surface area contributed by atoms with Crippen LogP contribution in [0.4, 0.5) is 5.69 Å². The molecule has 0 saturated heterocycles. The summed E-state index contributed by atoms with van der Waals surface area (Å²) in [6.45, 7) is 9.25. The number of carbonyl (C=O) groups excluding carboxylic acids is 2. The smallest absolute Gasteiger partial charge is 0.269 e. The number of nitrogens with zero attached hydrogens (tertiary/aromatic N) is 3. The van der Waals surface area contributed by atoms with Crippen molar-refractivity contribution in [1.82, 2.24) is 9.47 Å². The zero-order valence-corrected chi connectivity index (χ0v) is 26.9. The second kappa shape index (κ2) is 10.8. The van der Waals surface area contributed by atoms with Gasteiger partial charge in [-0.25, -0.2) is 0 Å². The molecule has 1 aromatic heterocycles. The van der Waals surface area contributed by atoms with E-state index in [0.717, 1.165) is 70.3 Å². The molecule has 234 valence electrons. The highest BCUT2D eigenvalue weighted by Gasteiger charge is 2.50. The molecule has 0 N–H and O–H groups in total. The van der Waals surface area contributed by atoms with Crippen LogP contribution in [0.25, 0.3) is 10.9 Å². The zero-order chi connectivity index (χ0) is 31.7. The highest BCUT2D eigenvalue weighted by molar-refractivity contribution is 6.08. The van der Waals surface area contributed by atoms with E-state index in [1.54, 1.807) is 12.1 Å². The maximum absolute atomic E-state index is 14.4. The van der Waals surface area contributed by atoms with Gasteiger partial charge in [-0.1, -0.05) is 77.3 Å². The van der Waals surface area contributed by atoms with Crippen LogP contribution in [0.5, 0.6) is 0 Å². The average molecular weight is 606 g/mol. The van der Waals surface area contributed by atoms with Crippen LogP contribution in [-0.4, -0.2) is 32.0 Å². The lowest BCUT2D eigenvalue weighted by Crippen LogP contribution is -2.48. The molecule has 4 aliphatic rings. The lowest BCUT2D eigenvalue weighted by molar-refractivity contribution is -0.384. The van der Waals surface area contributed by atoms with Gasteiger partial charge in [0.05, 0.1) is 4.92 Å². The fourth-order valence-electron chi connectivity index (χ4n) is 8.69. The molecule has 1 aliphatic heterocycles. The highest BCUT2D eigenvalue weighted by atomic mass is 16.6. The van der Waals surface area contributed by atoms with E-state index in [-0.39, 0.29) is 33.0 Å². The van der Waals surface area contributed by atoms with E-state index in [2.05, 4.69) is 55.5 Å². The van der Waals surface area contributed by atoms with E-state index in [4.69, 9.17) is 0 Å². The predicted octanol–water partition coefficient (Wildman–Crippen LogP) is 8.62. The number of ketones is 2. The van der Waals surface area contributed by atoms with E-state index in [1.807, 2.05) is 18.2 Å². The van der Waals surface area contributed by atoms with Gasteiger partial charge in [-0.15, -0.1) is 0 Å². The summed E-state index contributed by atoms with van der Waals surface area (Å²) in [4.78, 5) is 42.5. The van der Waals surface area contributed by atoms with Crippen LogP contribution in [0.2, 0.25) is 0 Å². The molecule has 7 nitrogen and oxygen atoms in total. The van der Waals surface area contributed by atoms with Crippen molar-refractivity contribution in [2.45, 2.75) is 104 Å². The third-order valence-electron chi connectivity index (χ3n) is 10.5. The SMILES string of the molecule is CC1(C)CC(=O)C2=C(C1)N(C1CCCCC1)C1=C(C(=O)CC(C)(C)C1)C2c1cn(Cc2cccc([N+](=O)[O-])c2)c2ccccc12. The van der Waals surface area contributed by atoms with Gasteiger partial charge >= 0.3 is 0 Å². The Morgan fingerprint density at radius 1 is 0.822 bits per heavy atom. The molecule has 0 radical (unpaired) electrons. The number of para-hydroxylation sites is 1. The minimum Gasteiger partial charge on any atom is -0.345 e. The van der Waals surface area contributed by atoms with Crippen molar-refractivity contribution in [1.29, 1.82) is 0 Å². The number of aromatic nitrogens is 1. The molecule has 2 heterocycles. The van der Waals surface area contributed by atoms with Gasteiger partial charge in [-0.3, -0.25) is 19.7 Å². The number of hydrogen-bond donors (Lipinski definition) is 0. The van der Waals surface area contributed by atoms with Gasteiger partial charge < -0.3 is 9.47 Å². The van der Waals surface area contributed by atoms with Gasteiger partial charge in [0.1, 0.15) is 0 Å². The monoisotopic (exact) mass is 605 g/mol. The largest absolute Gasteiger partial charge is 0.345 e. The van der Waals surface area contributed by atoms with Crippen molar-refractivity contribution >= 4 is 28.2 Å². The first-order valence-electron chi connectivity index (χ1n) is 16.6. The Morgan fingerprint density at radius 3 is 2.07 bits per heavy atom. The molecule has 0 unspecified atom stereocenters. The molecule has 7 rings (SSSR count). The summed E-state index contributed by atoms with van der Waals surface area (Å²) in [5.74, 6) is -0.100. The molecule has 3 aromatic rings. The molecule has 45 heavy (non-hydrogen) atoms. The Bertz CT molecular complexity index is 1750. The Morgan fingerprint density at radius 2 is 1.44 bits per heavy atom. The van der Waals surface area contributed by atoms with Crippen molar-refractivity contribution in [2.75, 3.05) is 0 Å². The molecular formula is C38H43N3O4. The van der Waals surface area contributed by atoms with Gasteiger partial charge in [-0.05, 0) is 53.7 Å². The molecule has 1 fully saturated rings. The summed E-state index contributed by atoms with van der Waals surface area (Å²) in [6.07, 6.45) is 10.4. The van der Waals surface area contributed by atoms with Crippen molar-refractivity contribution in [2.24, 2.45) is 10.8 Å². The summed E-state index contributed by atoms with van der Waals surface area (Å²) in [6, 6.07) is 15.3. The summed E-state index contributed by atoms with van der Waals surface area (Å²) in [5.41, 5.74) is 6.50. The normalized spacial score (nSPS) is 22.2. The first kappa shape index (κ1) is 29.7. The summed E-state index contributed by atoms with van der Waals surface area (Å²) in [7, 11) is 0. The highest BCUT2D eigenvalue weighted by Crippen LogP contribution is 2.56. The number of rotatable bonds is 5. The first-order chi connectivity index (χ1) is 21.4. The Balaban J connectivity index is 1.45. The number of non-ortho nitro benzene ring substituents is 1. The van der Waals surface area contributed by atoms with Gasteiger partial charge in [0, 0.05) is 83.1 Å². The molecular weight excluding hydrogens is 562 g/mol. The number of benzene rings is 2. The van der Waals surface area contributed by atoms with Crippen LogP contribution in [-0.2, 0) is 16.1 Å². The molecule has 2 aromatic carbocycles.